The molecule has 6 nitrogen and oxygen atoms in total. The molecule has 0 aliphatic carbocycles. The molecule has 0 aliphatic rings. The summed E-state index contributed by atoms with van der Waals surface area (Å²) in [5, 5.41) is 3.95. The Labute approximate surface area is 146 Å². The van der Waals surface area contributed by atoms with Crippen molar-refractivity contribution in [1.29, 1.82) is 0 Å². The van der Waals surface area contributed by atoms with E-state index in [-0.39, 0.29) is 12.7 Å². The van der Waals surface area contributed by atoms with E-state index in [0.717, 1.165) is 16.7 Å². The molecule has 0 saturated carbocycles. The minimum Gasteiger partial charge on any atom is -0.493 e. The molecule has 1 heterocycles. The monoisotopic (exact) mass is 340 g/mol. The Hall–Kier alpha value is -3.02. The summed E-state index contributed by atoms with van der Waals surface area (Å²) in [4.78, 5) is 9.58. The van der Waals surface area contributed by atoms with Gasteiger partial charge < -0.3 is 18.7 Å². The van der Waals surface area contributed by atoms with Crippen molar-refractivity contribution < 1.29 is 18.7 Å². The van der Waals surface area contributed by atoms with E-state index in [1.165, 1.54) is 0 Å². The molecule has 25 heavy (non-hydrogen) atoms. The number of fused-ring (bicyclic) bond motifs is 1. The first-order valence-corrected chi connectivity index (χ1v) is 8.00. The van der Waals surface area contributed by atoms with E-state index in [9.17, 15) is 0 Å². The number of ether oxygens (including phenoxy) is 2. The van der Waals surface area contributed by atoms with E-state index in [0.29, 0.717) is 17.4 Å². The summed E-state index contributed by atoms with van der Waals surface area (Å²) in [5.74, 6) is 1.83. The lowest BCUT2D eigenvalue weighted by molar-refractivity contribution is 0.113. The van der Waals surface area contributed by atoms with E-state index in [4.69, 9.17) is 18.7 Å². The molecule has 0 saturated heterocycles. The van der Waals surface area contributed by atoms with Crippen molar-refractivity contribution >= 4 is 17.3 Å². The smallest absolute Gasteiger partial charge is 0.236 e. The fourth-order valence-electron chi connectivity index (χ4n) is 2.29. The van der Waals surface area contributed by atoms with Crippen LogP contribution in [0.2, 0.25) is 0 Å². The third kappa shape index (κ3) is 4.29. The van der Waals surface area contributed by atoms with Crippen LogP contribution in [-0.4, -0.2) is 24.4 Å². The van der Waals surface area contributed by atoms with Crippen molar-refractivity contribution in [3.05, 3.63) is 53.9 Å². The highest BCUT2D eigenvalue weighted by Crippen LogP contribution is 2.28. The van der Waals surface area contributed by atoms with Gasteiger partial charge in [0, 0.05) is 5.56 Å². The maximum absolute atomic E-state index is 5.68. The quantitative estimate of drug-likeness (QED) is 0.477. The van der Waals surface area contributed by atoms with Crippen molar-refractivity contribution in [1.82, 2.24) is 4.98 Å². The zero-order valence-corrected chi connectivity index (χ0v) is 14.4. The van der Waals surface area contributed by atoms with Gasteiger partial charge in [0.05, 0.1) is 19.4 Å². The Bertz CT molecular complexity index is 838. The van der Waals surface area contributed by atoms with Crippen LogP contribution in [0.4, 0.5) is 0 Å². The van der Waals surface area contributed by atoms with Crippen LogP contribution >= 0.6 is 0 Å². The maximum atomic E-state index is 5.68. The van der Waals surface area contributed by atoms with Crippen molar-refractivity contribution in [3.63, 3.8) is 0 Å². The van der Waals surface area contributed by atoms with E-state index >= 15 is 0 Å². The molecule has 130 valence electrons. The molecule has 0 spiro atoms. The molecule has 3 aromatic rings. The maximum Gasteiger partial charge on any atom is 0.236 e. The topological polar surface area (TPSA) is 66.1 Å². The highest BCUT2D eigenvalue weighted by molar-refractivity contribution is 5.80. The van der Waals surface area contributed by atoms with Gasteiger partial charge in [0.25, 0.3) is 0 Å². The number of oxazole rings is 1. The summed E-state index contributed by atoms with van der Waals surface area (Å²) in [6.07, 6.45) is 1.68. The third-order valence-electron chi connectivity index (χ3n) is 3.35. The summed E-state index contributed by atoms with van der Waals surface area (Å²) in [6.45, 7) is 4.10. The van der Waals surface area contributed by atoms with Gasteiger partial charge in [-0.1, -0.05) is 17.3 Å². The second kappa shape index (κ2) is 7.70. The van der Waals surface area contributed by atoms with Gasteiger partial charge >= 0.3 is 0 Å². The number of rotatable bonds is 7. The lowest BCUT2D eigenvalue weighted by Crippen LogP contribution is -2.06. The summed E-state index contributed by atoms with van der Waals surface area (Å²) in [6, 6.07) is 13.1. The third-order valence-corrected chi connectivity index (χ3v) is 3.35. The largest absolute Gasteiger partial charge is 0.493 e. The Morgan fingerprint density at radius 2 is 2.00 bits per heavy atom. The molecule has 2 aromatic carbocycles. The van der Waals surface area contributed by atoms with Gasteiger partial charge in [0.15, 0.2) is 23.7 Å². The van der Waals surface area contributed by atoms with Gasteiger partial charge in [0.2, 0.25) is 5.89 Å². The normalized spacial score (nSPS) is 11.4. The Morgan fingerprint density at radius 1 is 1.16 bits per heavy atom. The number of aromatic nitrogens is 1. The summed E-state index contributed by atoms with van der Waals surface area (Å²) >= 11 is 0. The lowest BCUT2D eigenvalue weighted by Gasteiger charge is -2.13. The second-order valence-corrected chi connectivity index (χ2v) is 5.66. The molecule has 0 N–H and O–H groups in total. The number of methoxy groups -OCH3 is 1. The van der Waals surface area contributed by atoms with E-state index in [1.54, 1.807) is 13.3 Å². The van der Waals surface area contributed by atoms with Gasteiger partial charge in [-0.15, -0.1) is 0 Å². The summed E-state index contributed by atoms with van der Waals surface area (Å²) < 4.78 is 16.6. The fourth-order valence-corrected chi connectivity index (χ4v) is 2.29. The minimum atomic E-state index is 0.0769. The van der Waals surface area contributed by atoms with Gasteiger partial charge in [0.1, 0.15) is 5.52 Å². The van der Waals surface area contributed by atoms with E-state index < -0.39 is 0 Å². The van der Waals surface area contributed by atoms with Crippen LogP contribution in [0.1, 0.15) is 25.3 Å². The highest BCUT2D eigenvalue weighted by Gasteiger charge is 2.07. The van der Waals surface area contributed by atoms with E-state index in [2.05, 4.69) is 10.1 Å². The van der Waals surface area contributed by atoms with Gasteiger partial charge in [-0.25, -0.2) is 4.98 Å². The Kier molecular flexibility index (Phi) is 5.18. The van der Waals surface area contributed by atoms with Crippen LogP contribution in [0.5, 0.6) is 11.5 Å². The van der Waals surface area contributed by atoms with E-state index in [1.807, 2.05) is 56.3 Å². The van der Waals surface area contributed by atoms with Crippen LogP contribution in [0.3, 0.4) is 0 Å². The predicted molar refractivity (Wildman–Crippen MR) is 95.2 cm³/mol. The molecule has 0 amide bonds. The minimum absolute atomic E-state index is 0.0769. The molecule has 0 atom stereocenters. The van der Waals surface area contributed by atoms with Gasteiger partial charge in [-0.05, 0) is 44.2 Å². The molecule has 3 rings (SSSR count). The van der Waals surface area contributed by atoms with Crippen LogP contribution < -0.4 is 9.47 Å². The summed E-state index contributed by atoms with van der Waals surface area (Å²) in [7, 11) is 1.60. The molecular formula is C19H20N2O4. The predicted octanol–water partition coefficient (Wildman–Crippen LogP) is 4.17. The van der Waals surface area contributed by atoms with Crippen molar-refractivity contribution in [3.8, 4) is 11.5 Å². The average Bonchev–Trinajstić information content (AvgIpc) is 3.02. The standard InChI is InChI=1S/C19H20N2O4/c1-13(2)24-17-9-8-14(10-18(17)22-3)11-20-23-12-19-21-15-6-4-5-7-16(15)25-19/h4-11,13H,12H2,1-3H3/b20-11-. The number of oxime groups is 1. The van der Waals surface area contributed by atoms with Crippen molar-refractivity contribution in [2.45, 2.75) is 26.6 Å². The first kappa shape index (κ1) is 16.8. The zero-order chi connectivity index (χ0) is 17.6. The first-order chi connectivity index (χ1) is 12.2. The second-order valence-electron chi connectivity index (χ2n) is 5.66. The molecule has 0 fully saturated rings. The number of hydrogen-bond donors (Lipinski definition) is 0. The fraction of sp³-hybridized carbons (Fsp3) is 0.263. The Balaban J connectivity index is 1.61. The average molecular weight is 340 g/mol. The zero-order valence-electron chi connectivity index (χ0n) is 14.4. The molecule has 0 radical (unpaired) electrons. The van der Waals surface area contributed by atoms with Crippen LogP contribution in [0.15, 0.2) is 52.0 Å². The van der Waals surface area contributed by atoms with Gasteiger partial charge in [-0.2, -0.15) is 0 Å². The summed E-state index contributed by atoms with van der Waals surface area (Å²) in [5.41, 5.74) is 2.37. The number of para-hydroxylation sites is 2. The number of nitrogens with zero attached hydrogens (tertiary/aromatic N) is 2. The Morgan fingerprint density at radius 3 is 2.76 bits per heavy atom. The SMILES string of the molecule is COc1cc(/C=N\OCc2nc3ccccc3o2)ccc1OC(C)C. The molecular weight excluding hydrogens is 320 g/mol. The number of benzene rings is 2. The van der Waals surface area contributed by atoms with Crippen molar-refractivity contribution in [2.24, 2.45) is 5.16 Å². The molecule has 6 heteroatoms. The first-order valence-electron chi connectivity index (χ1n) is 8.00. The molecule has 1 aromatic heterocycles. The van der Waals surface area contributed by atoms with Crippen LogP contribution in [0.25, 0.3) is 11.1 Å². The van der Waals surface area contributed by atoms with Gasteiger partial charge in [-0.3, -0.25) is 0 Å². The van der Waals surface area contributed by atoms with Crippen LogP contribution in [-0.2, 0) is 11.4 Å². The van der Waals surface area contributed by atoms with Crippen molar-refractivity contribution in [2.75, 3.05) is 7.11 Å². The molecule has 0 bridgehead atoms. The number of hydrogen-bond acceptors (Lipinski definition) is 6. The molecule has 0 aliphatic heterocycles. The highest BCUT2D eigenvalue weighted by atomic mass is 16.6. The van der Waals surface area contributed by atoms with Crippen LogP contribution in [0, 0.1) is 0 Å². The lowest BCUT2D eigenvalue weighted by atomic mass is 10.2. The molecule has 0 unspecified atom stereocenters.